The number of unbranched alkanes of at least 4 members (excludes halogenated alkanes) is 2. The number of esters is 1. The Kier molecular flexibility index (Phi) is 6.01. The van der Waals surface area contributed by atoms with Crippen LogP contribution < -0.4 is 0 Å². The molecule has 0 spiro atoms. The van der Waals surface area contributed by atoms with E-state index >= 15 is 0 Å². The van der Waals surface area contributed by atoms with Crippen LogP contribution in [0, 0.1) is 5.92 Å². The van der Waals surface area contributed by atoms with Crippen molar-refractivity contribution in [2.75, 3.05) is 0 Å². The summed E-state index contributed by atoms with van der Waals surface area (Å²) in [6.45, 7) is 2.10. The molecule has 0 unspecified atom stereocenters. The maximum atomic E-state index is 11.5. The fourth-order valence-corrected chi connectivity index (χ4v) is 2.19. The average molecular weight is 242 g/mol. The lowest BCUT2D eigenvalue weighted by atomic mass is 9.87. The Morgan fingerprint density at radius 3 is 2.35 bits per heavy atom. The molecule has 0 atom stereocenters. The minimum Gasteiger partial charge on any atom is -0.481 e. The van der Waals surface area contributed by atoms with Crippen LogP contribution in [0.5, 0.6) is 0 Å². The van der Waals surface area contributed by atoms with Gasteiger partial charge in [-0.05, 0) is 32.1 Å². The Bertz CT molecular complexity index is 254. The van der Waals surface area contributed by atoms with Crippen LogP contribution in [0.3, 0.4) is 0 Å². The van der Waals surface area contributed by atoms with E-state index in [9.17, 15) is 9.59 Å². The standard InChI is InChI=1S/C13H22O4/c1-2-3-4-5-12(14)17-11-8-6-10(7-9-11)13(15)16/h10-11H,2-9H2,1H3,(H,15,16)/t10-,11-. The van der Waals surface area contributed by atoms with Crippen LogP contribution in [0.2, 0.25) is 0 Å². The predicted molar refractivity (Wildman–Crippen MR) is 63.6 cm³/mol. The van der Waals surface area contributed by atoms with E-state index in [-0.39, 0.29) is 18.0 Å². The van der Waals surface area contributed by atoms with Gasteiger partial charge in [0.05, 0.1) is 5.92 Å². The van der Waals surface area contributed by atoms with Gasteiger partial charge in [-0.25, -0.2) is 0 Å². The molecule has 98 valence electrons. The molecular formula is C13H22O4. The van der Waals surface area contributed by atoms with Crippen LogP contribution in [-0.4, -0.2) is 23.1 Å². The van der Waals surface area contributed by atoms with Crippen molar-refractivity contribution >= 4 is 11.9 Å². The highest BCUT2D eigenvalue weighted by atomic mass is 16.5. The van der Waals surface area contributed by atoms with Gasteiger partial charge in [-0.3, -0.25) is 9.59 Å². The molecule has 1 rings (SSSR count). The molecule has 1 N–H and O–H groups in total. The Morgan fingerprint density at radius 1 is 1.18 bits per heavy atom. The van der Waals surface area contributed by atoms with Crippen molar-refractivity contribution in [3.8, 4) is 0 Å². The number of rotatable bonds is 6. The van der Waals surface area contributed by atoms with Crippen molar-refractivity contribution in [1.82, 2.24) is 0 Å². The fraction of sp³-hybridized carbons (Fsp3) is 0.846. The van der Waals surface area contributed by atoms with Gasteiger partial charge in [-0.15, -0.1) is 0 Å². The number of carboxylic acid groups (broad SMARTS) is 1. The quantitative estimate of drug-likeness (QED) is 0.574. The van der Waals surface area contributed by atoms with Gasteiger partial charge in [0.2, 0.25) is 0 Å². The second-order valence-corrected chi connectivity index (χ2v) is 4.76. The molecule has 1 saturated carbocycles. The Hall–Kier alpha value is -1.06. The summed E-state index contributed by atoms with van der Waals surface area (Å²) in [5.41, 5.74) is 0. The van der Waals surface area contributed by atoms with Crippen LogP contribution >= 0.6 is 0 Å². The fourth-order valence-electron chi connectivity index (χ4n) is 2.19. The summed E-state index contributed by atoms with van der Waals surface area (Å²) in [5.74, 6) is -1.10. The molecule has 0 aromatic carbocycles. The molecule has 4 nitrogen and oxygen atoms in total. The third-order valence-electron chi connectivity index (χ3n) is 3.31. The maximum Gasteiger partial charge on any atom is 0.306 e. The highest BCUT2D eigenvalue weighted by Gasteiger charge is 2.27. The molecule has 0 aromatic rings. The van der Waals surface area contributed by atoms with E-state index in [4.69, 9.17) is 9.84 Å². The third kappa shape index (κ3) is 5.20. The Balaban J connectivity index is 2.17. The van der Waals surface area contributed by atoms with Crippen molar-refractivity contribution in [2.45, 2.75) is 64.4 Å². The molecular weight excluding hydrogens is 220 g/mol. The largest absolute Gasteiger partial charge is 0.481 e. The summed E-state index contributed by atoms with van der Waals surface area (Å²) in [6.07, 6.45) is 6.11. The molecule has 0 radical (unpaired) electrons. The van der Waals surface area contributed by atoms with Crippen LogP contribution in [0.15, 0.2) is 0 Å². The van der Waals surface area contributed by atoms with Crippen molar-refractivity contribution in [3.05, 3.63) is 0 Å². The summed E-state index contributed by atoms with van der Waals surface area (Å²) >= 11 is 0. The van der Waals surface area contributed by atoms with Gasteiger partial charge in [-0.1, -0.05) is 19.8 Å². The van der Waals surface area contributed by atoms with Crippen molar-refractivity contribution in [3.63, 3.8) is 0 Å². The monoisotopic (exact) mass is 242 g/mol. The minimum absolute atomic E-state index is 0.0558. The second kappa shape index (κ2) is 7.30. The molecule has 0 saturated heterocycles. The molecule has 0 aliphatic heterocycles. The maximum absolute atomic E-state index is 11.5. The molecule has 0 heterocycles. The normalized spacial score (nSPS) is 24.3. The average Bonchev–Trinajstić information content (AvgIpc) is 2.30. The van der Waals surface area contributed by atoms with E-state index in [1.165, 1.54) is 0 Å². The summed E-state index contributed by atoms with van der Waals surface area (Å²) < 4.78 is 5.33. The van der Waals surface area contributed by atoms with Crippen molar-refractivity contribution < 1.29 is 19.4 Å². The summed E-state index contributed by atoms with van der Waals surface area (Å²) in [7, 11) is 0. The smallest absolute Gasteiger partial charge is 0.306 e. The molecule has 0 aromatic heterocycles. The SMILES string of the molecule is CCCCCC(=O)O[C@H]1CC[C@H](C(=O)O)CC1. The topological polar surface area (TPSA) is 63.6 Å². The predicted octanol–water partition coefficient (Wildman–Crippen LogP) is 2.75. The highest BCUT2D eigenvalue weighted by molar-refractivity contribution is 5.70. The van der Waals surface area contributed by atoms with Gasteiger partial charge in [0, 0.05) is 6.42 Å². The number of aliphatic carboxylic acids is 1. The van der Waals surface area contributed by atoms with E-state index in [1.54, 1.807) is 0 Å². The number of carboxylic acids is 1. The van der Waals surface area contributed by atoms with Crippen LogP contribution in [-0.2, 0) is 14.3 Å². The lowest BCUT2D eigenvalue weighted by Crippen LogP contribution is -2.27. The lowest BCUT2D eigenvalue weighted by molar-refractivity contribution is -0.152. The number of hydrogen-bond donors (Lipinski definition) is 1. The summed E-state index contributed by atoms with van der Waals surface area (Å²) in [5, 5.41) is 8.84. The zero-order valence-electron chi connectivity index (χ0n) is 10.5. The van der Waals surface area contributed by atoms with Gasteiger partial charge in [0.15, 0.2) is 0 Å². The zero-order valence-corrected chi connectivity index (χ0v) is 10.5. The molecule has 17 heavy (non-hydrogen) atoms. The lowest BCUT2D eigenvalue weighted by Gasteiger charge is -2.25. The van der Waals surface area contributed by atoms with Crippen LogP contribution in [0.25, 0.3) is 0 Å². The molecule has 1 aliphatic carbocycles. The third-order valence-corrected chi connectivity index (χ3v) is 3.31. The summed E-state index contributed by atoms with van der Waals surface area (Å²) in [4.78, 5) is 22.2. The van der Waals surface area contributed by atoms with E-state index in [0.717, 1.165) is 19.3 Å². The van der Waals surface area contributed by atoms with E-state index in [0.29, 0.717) is 32.1 Å². The number of carbonyl (C=O) groups excluding carboxylic acids is 1. The van der Waals surface area contributed by atoms with Gasteiger partial charge in [0.1, 0.15) is 6.10 Å². The van der Waals surface area contributed by atoms with Crippen LogP contribution in [0.4, 0.5) is 0 Å². The second-order valence-electron chi connectivity index (χ2n) is 4.76. The van der Waals surface area contributed by atoms with Gasteiger partial charge in [-0.2, -0.15) is 0 Å². The Morgan fingerprint density at radius 2 is 1.82 bits per heavy atom. The van der Waals surface area contributed by atoms with Crippen molar-refractivity contribution in [2.24, 2.45) is 5.92 Å². The first-order valence-electron chi connectivity index (χ1n) is 6.55. The summed E-state index contributed by atoms with van der Waals surface area (Å²) in [6, 6.07) is 0. The first kappa shape index (κ1) is 14.0. The van der Waals surface area contributed by atoms with Crippen LogP contribution in [0.1, 0.15) is 58.3 Å². The number of hydrogen-bond acceptors (Lipinski definition) is 3. The molecule has 0 bridgehead atoms. The zero-order chi connectivity index (χ0) is 12.7. The van der Waals surface area contributed by atoms with Gasteiger partial charge >= 0.3 is 11.9 Å². The van der Waals surface area contributed by atoms with Crippen molar-refractivity contribution in [1.29, 1.82) is 0 Å². The number of ether oxygens (including phenoxy) is 1. The van der Waals surface area contributed by atoms with Gasteiger partial charge in [0.25, 0.3) is 0 Å². The molecule has 4 heteroatoms. The highest BCUT2D eigenvalue weighted by Crippen LogP contribution is 2.26. The first-order valence-corrected chi connectivity index (χ1v) is 6.55. The molecule has 1 fully saturated rings. The van der Waals surface area contributed by atoms with Gasteiger partial charge < -0.3 is 9.84 Å². The molecule has 1 aliphatic rings. The minimum atomic E-state index is -0.724. The first-order chi connectivity index (χ1) is 8.13. The van der Waals surface area contributed by atoms with E-state index in [2.05, 4.69) is 6.92 Å². The molecule has 0 amide bonds. The van der Waals surface area contributed by atoms with E-state index in [1.807, 2.05) is 0 Å². The van der Waals surface area contributed by atoms with E-state index < -0.39 is 5.97 Å². The number of carbonyl (C=O) groups is 2. The Labute approximate surface area is 102 Å².